The van der Waals surface area contributed by atoms with Gasteiger partial charge in [-0.05, 0) is 60.6 Å². The van der Waals surface area contributed by atoms with Gasteiger partial charge in [0.1, 0.15) is 5.82 Å². The first-order valence-corrected chi connectivity index (χ1v) is 12.1. The summed E-state index contributed by atoms with van der Waals surface area (Å²) >= 11 is 0. The van der Waals surface area contributed by atoms with Gasteiger partial charge in [0.2, 0.25) is 0 Å². The first-order valence-electron chi connectivity index (χ1n) is 10.2. The summed E-state index contributed by atoms with van der Waals surface area (Å²) in [5, 5.41) is 3.55. The highest BCUT2D eigenvalue weighted by Gasteiger charge is 2.29. The molecule has 6 heteroatoms. The van der Waals surface area contributed by atoms with Gasteiger partial charge in [-0.1, -0.05) is 32.0 Å². The van der Waals surface area contributed by atoms with E-state index >= 15 is 0 Å². The van der Waals surface area contributed by atoms with Gasteiger partial charge in [0, 0.05) is 37.6 Å². The van der Waals surface area contributed by atoms with Crippen molar-refractivity contribution in [2.24, 2.45) is 11.8 Å². The molecule has 0 bridgehead atoms. The van der Waals surface area contributed by atoms with Crippen LogP contribution in [0.2, 0.25) is 0 Å². The second-order valence-corrected chi connectivity index (χ2v) is 10.6. The van der Waals surface area contributed by atoms with Crippen LogP contribution in [-0.4, -0.2) is 38.7 Å². The Balaban J connectivity index is 1.66. The summed E-state index contributed by atoms with van der Waals surface area (Å²) in [7, 11) is -3.16. The Hall–Kier alpha value is -1.92. The van der Waals surface area contributed by atoms with Crippen LogP contribution in [0.3, 0.4) is 0 Å². The zero-order valence-corrected chi connectivity index (χ0v) is 18.3. The Morgan fingerprint density at radius 3 is 2.52 bits per heavy atom. The number of hydrogen-bond donors (Lipinski definition) is 1. The van der Waals surface area contributed by atoms with Crippen molar-refractivity contribution in [3.05, 3.63) is 59.9 Å². The summed E-state index contributed by atoms with van der Waals surface area (Å²) in [6.45, 7) is 7.21. The van der Waals surface area contributed by atoms with Crippen LogP contribution >= 0.6 is 0 Å². The largest absolute Gasteiger partial charge is 0.382 e. The zero-order chi connectivity index (χ0) is 21.0. The smallest absolute Gasteiger partial charge is 0.175 e. The summed E-state index contributed by atoms with van der Waals surface area (Å²) < 4.78 is 36.8. The summed E-state index contributed by atoms with van der Waals surface area (Å²) in [6, 6.07) is 14.2. The molecule has 0 radical (unpaired) electrons. The van der Waals surface area contributed by atoms with Gasteiger partial charge in [0.25, 0.3) is 0 Å². The Morgan fingerprint density at radius 1 is 1.17 bits per heavy atom. The molecule has 0 aliphatic carbocycles. The van der Waals surface area contributed by atoms with E-state index in [0.29, 0.717) is 22.8 Å². The van der Waals surface area contributed by atoms with E-state index in [1.807, 2.05) is 18.2 Å². The van der Waals surface area contributed by atoms with Crippen molar-refractivity contribution in [2.75, 3.05) is 24.7 Å². The Morgan fingerprint density at radius 2 is 1.90 bits per heavy atom. The van der Waals surface area contributed by atoms with Crippen LogP contribution < -0.4 is 5.32 Å². The van der Waals surface area contributed by atoms with Crippen LogP contribution in [0.25, 0.3) is 0 Å². The third-order valence-corrected chi connectivity index (χ3v) is 6.66. The lowest BCUT2D eigenvalue weighted by Gasteiger charge is -2.40. The van der Waals surface area contributed by atoms with Gasteiger partial charge in [-0.15, -0.1) is 0 Å². The first kappa shape index (κ1) is 21.8. The summed E-state index contributed by atoms with van der Waals surface area (Å²) in [4.78, 5) is 2.80. The summed E-state index contributed by atoms with van der Waals surface area (Å²) in [5.74, 6) is 0.846. The van der Waals surface area contributed by atoms with Crippen LogP contribution in [0.5, 0.6) is 0 Å². The highest BCUT2D eigenvalue weighted by atomic mass is 32.2. The minimum atomic E-state index is -3.16. The molecule has 2 aromatic rings. The third kappa shape index (κ3) is 6.28. The maximum absolute atomic E-state index is 13.5. The van der Waals surface area contributed by atoms with Crippen molar-refractivity contribution in [3.63, 3.8) is 0 Å². The SMILES string of the molecule is CC(C)C[C@H]1CN(Cc2ccc(S(C)(=O)=O)cc2)CC[C@H]1Nc1cccc(F)c1. The van der Waals surface area contributed by atoms with Crippen LogP contribution in [0, 0.1) is 17.7 Å². The number of nitrogens with one attached hydrogen (secondary N) is 1. The predicted molar refractivity (Wildman–Crippen MR) is 116 cm³/mol. The van der Waals surface area contributed by atoms with Gasteiger partial charge in [0.05, 0.1) is 4.90 Å². The van der Waals surface area contributed by atoms with Crippen molar-refractivity contribution < 1.29 is 12.8 Å². The predicted octanol–water partition coefficient (Wildman–Crippen LogP) is 4.58. The lowest BCUT2D eigenvalue weighted by Crippen LogP contribution is -2.46. The van der Waals surface area contributed by atoms with E-state index in [0.717, 1.165) is 43.7 Å². The van der Waals surface area contributed by atoms with Gasteiger partial charge >= 0.3 is 0 Å². The molecule has 1 fully saturated rings. The van der Waals surface area contributed by atoms with Crippen molar-refractivity contribution in [1.82, 2.24) is 4.90 Å². The minimum absolute atomic E-state index is 0.217. The molecule has 3 rings (SSSR count). The van der Waals surface area contributed by atoms with Gasteiger partial charge in [-0.25, -0.2) is 12.8 Å². The lowest BCUT2D eigenvalue weighted by atomic mass is 9.85. The minimum Gasteiger partial charge on any atom is -0.382 e. The van der Waals surface area contributed by atoms with Gasteiger partial charge in [0.15, 0.2) is 9.84 Å². The third-order valence-electron chi connectivity index (χ3n) is 5.53. The van der Waals surface area contributed by atoms with E-state index < -0.39 is 9.84 Å². The molecule has 0 aromatic heterocycles. The van der Waals surface area contributed by atoms with E-state index in [4.69, 9.17) is 0 Å². The standard InChI is InChI=1S/C23H31FN2O2S/c1-17(2)13-19-16-26(15-18-7-9-22(10-8-18)29(3,27)28)12-11-23(19)25-21-6-4-5-20(24)14-21/h4-10,14,17,19,23,25H,11-13,15-16H2,1-3H3/t19-,23+/m0/s1. The second-order valence-electron chi connectivity index (χ2n) is 8.59. The van der Waals surface area contributed by atoms with E-state index in [1.54, 1.807) is 24.3 Å². The van der Waals surface area contributed by atoms with E-state index in [2.05, 4.69) is 24.1 Å². The van der Waals surface area contributed by atoms with Crippen LogP contribution in [0.1, 0.15) is 32.3 Å². The van der Waals surface area contributed by atoms with E-state index in [-0.39, 0.29) is 5.82 Å². The monoisotopic (exact) mass is 418 g/mol. The average Bonchev–Trinajstić information content (AvgIpc) is 2.63. The number of nitrogens with zero attached hydrogens (tertiary/aromatic N) is 1. The zero-order valence-electron chi connectivity index (χ0n) is 17.4. The molecule has 0 amide bonds. The molecule has 1 aliphatic heterocycles. The fourth-order valence-corrected chi connectivity index (χ4v) is 4.81. The van der Waals surface area contributed by atoms with Crippen LogP contribution in [-0.2, 0) is 16.4 Å². The molecule has 0 spiro atoms. The van der Waals surface area contributed by atoms with E-state index in [9.17, 15) is 12.8 Å². The molecule has 1 aliphatic rings. The molecule has 4 nitrogen and oxygen atoms in total. The number of anilines is 1. The molecule has 158 valence electrons. The molecule has 0 unspecified atom stereocenters. The molecule has 0 saturated carbocycles. The first-order chi connectivity index (χ1) is 13.7. The summed E-state index contributed by atoms with van der Waals surface area (Å²) in [6.07, 6.45) is 3.33. The van der Waals surface area contributed by atoms with Crippen LogP contribution in [0.4, 0.5) is 10.1 Å². The fraction of sp³-hybridized carbons (Fsp3) is 0.478. The Kier molecular flexibility index (Phi) is 6.96. The maximum Gasteiger partial charge on any atom is 0.175 e. The average molecular weight is 419 g/mol. The molecular formula is C23H31FN2O2S. The van der Waals surface area contributed by atoms with Crippen molar-refractivity contribution in [2.45, 2.75) is 44.2 Å². The highest BCUT2D eigenvalue weighted by Crippen LogP contribution is 2.28. The van der Waals surface area contributed by atoms with Crippen molar-refractivity contribution >= 4 is 15.5 Å². The number of sulfone groups is 1. The number of hydrogen-bond acceptors (Lipinski definition) is 4. The fourth-order valence-electron chi connectivity index (χ4n) is 4.18. The Labute approximate surface area is 174 Å². The number of likely N-dealkylation sites (tertiary alicyclic amines) is 1. The topological polar surface area (TPSA) is 49.4 Å². The molecule has 2 atom stereocenters. The van der Waals surface area contributed by atoms with Crippen molar-refractivity contribution in [3.8, 4) is 0 Å². The van der Waals surface area contributed by atoms with Gasteiger partial charge < -0.3 is 5.32 Å². The second kappa shape index (κ2) is 9.26. The molecule has 29 heavy (non-hydrogen) atoms. The molecule has 1 heterocycles. The highest BCUT2D eigenvalue weighted by molar-refractivity contribution is 7.90. The van der Waals surface area contributed by atoms with Gasteiger partial charge in [-0.3, -0.25) is 4.90 Å². The van der Waals surface area contributed by atoms with Gasteiger partial charge in [-0.2, -0.15) is 0 Å². The lowest BCUT2D eigenvalue weighted by molar-refractivity contribution is 0.141. The van der Waals surface area contributed by atoms with Crippen LogP contribution in [0.15, 0.2) is 53.4 Å². The Bertz CT molecular complexity index is 913. The maximum atomic E-state index is 13.5. The number of rotatable bonds is 7. The van der Waals surface area contributed by atoms with E-state index in [1.165, 1.54) is 12.3 Å². The molecular weight excluding hydrogens is 387 g/mol. The number of benzene rings is 2. The molecule has 1 saturated heterocycles. The van der Waals surface area contributed by atoms with Crippen molar-refractivity contribution in [1.29, 1.82) is 0 Å². The normalized spacial score (nSPS) is 20.7. The molecule has 1 N–H and O–H groups in total. The number of halogens is 1. The molecule has 2 aromatic carbocycles. The quantitative estimate of drug-likeness (QED) is 0.715. The summed E-state index contributed by atoms with van der Waals surface area (Å²) in [5.41, 5.74) is 1.96. The number of piperidine rings is 1.